The smallest absolute Gasteiger partial charge is 0.237 e. The largest absolute Gasteiger partial charge is 0.311 e. The minimum absolute atomic E-state index is 0.0908. The Morgan fingerprint density at radius 2 is 1.77 bits per heavy atom. The molecule has 1 aliphatic heterocycles. The van der Waals surface area contributed by atoms with Crippen molar-refractivity contribution < 1.29 is 4.79 Å². The van der Waals surface area contributed by atoms with Crippen molar-refractivity contribution in [3.8, 4) is 17.1 Å². The first-order valence-electron chi connectivity index (χ1n) is 11.8. The molecule has 35 heavy (non-hydrogen) atoms. The predicted molar refractivity (Wildman–Crippen MR) is 146 cm³/mol. The van der Waals surface area contributed by atoms with Crippen LogP contribution in [0.2, 0.25) is 0 Å². The van der Waals surface area contributed by atoms with Crippen molar-refractivity contribution in [2.75, 3.05) is 17.2 Å². The van der Waals surface area contributed by atoms with Crippen LogP contribution in [0.15, 0.2) is 82.8 Å². The summed E-state index contributed by atoms with van der Waals surface area (Å²) >= 11 is 3.29. The summed E-state index contributed by atoms with van der Waals surface area (Å²) < 4.78 is 2.06. The van der Waals surface area contributed by atoms with Gasteiger partial charge < -0.3 is 4.90 Å². The van der Waals surface area contributed by atoms with Crippen LogP contribution in [-0.4, -0.2) is 38.2 Å². The molecule has 0 fully saturated rings. The first-order valence-corrected chi connectivity index (χ1v) is 13.6. The molecular weight excluding hydrogens is 472 g/mol. The number of thioether (sulfide) groups is 2. The number of carbonyl (C=O) groups excluding carboxylic acids is 1. The van der Waals surface area contributed by atoms with Crippen molar-refractivity contribution in [3.05, 3.63) is 83.9 Å². The van der Waals surface area contributed by atoms with Crippen LogP contribution in [0, 0.1) is 13.8 Å². The molecule has 0 saturated heterocycles. The van der Waals surface area contributed by atoms with Gasteiger partial charge in [-0.25, -0.2) is 0 Å². The second-order valence-electron chi connectivity index (χ2n) is 8.80. The van der Waals surface area contributed by atoms with E-state index in [1.54, 1.807) is 0 Å². The third-order valence-corrected chi connectivity index (χ3v) is 8.43. The maximum Gasteiger partial charge on any atom is 0.237 e. The maximum absolute atomic E-state index is 13.5. The fourth-order valence-electron chi connectivity index (χ4n) is 4.19. The van der Waals surface area contributed by atoms with Gasteiger partial charge in [0.25, 0.3) is 0 Å². The van der Waals surface area contributed by atoms with Crippen LogP contribution in [0.4, 0.5) is 5.69 Å². The summed E-state index contributed by atoms with van der Waals surface area (Å²) in [5.41, 5.74) is 5.43. The van der Waals surface area contributed by atoms with Gasteiger partial charge in [-0.3, -0.25) is 9.36 Å². The Balaban J connectivity index is 1.45. The van der Waals surface area contributed by atoms with Gasteiger partial charge in [-0.2, -0.15) is 0 Å². The summed E-state index contributed by atoms with van der Waals surface area (Å²) in [5, 5.41) is 10.2. The lowest BCUT2D eigenvalue weighted by atomic mass is 10.1. The van der Waals surface area contributed by atoms with Crippen molar-refractivity contribution in [1.82, 2.24) is 14.8 Å². The van der Waals surface area contributed by atoms with Crippen molar-refractivity contribution in [1.29, 1.82) is 0 Å². The van der Waals surface area contributed by atoms with E-state index < -0.39 is 0 Å². The van der Waals surface area contributed by atoms with Crippen LogP contribution in [0.25, 0.3) is 17.1 Å². The highest BCUT2D eigenvalue weighted by Crippen LogP contribution is 2.38. The third kappa shape index (κ3) is 5.02. The molecule has 0 aliphatic carbocycles. The first-order chi connectivity index (χ1) is 17.0. The Hall–Kier alpha value is -3.03. The average molecular weight is 501 g/mol. The standard InChI is InChI=1S/C28H28N4OS2/c1-19-13-14-23(17-20(19)2)32-27(22-9-5-4-6-10-22)29-30-28(32)34-18-26(33)31-16-15-21(3)35-25-12-8-7-11-24(25)31/h4-14,17,21H,15-16,18H2,1-3H3/t21-/m0/s1. The molecule has 7 heteroatoms. The Kier molecular flexibility index (Phi) is 6.97. The molecule has 5 rings (SSSR count). The summed E-state index contributed by atoms with van der Waals surface area (Å²) in [6.45, 7) is 7.17. The minimum Gasteiger partial charge on any atom is -0.311 e. The molecule has 0 radical (unpaired) electrons. The van der Waals surface area contributed by atoms with Gasteiger partial charge in [0.2, 0.25) is 5.91 Å². The third-order valence-electron chi connectivity index (χ3n) is 6.28. The van der Waals surface area contributed by atoms with E-state index in [2.05, 4.69) is 59.8 Å². The number of nitrogens with zero attached hydrogens (tertiary/aromatic N) is 4. The molecule has 4 aromatic rings. The maximum atomic E-state index is 13.5. The molecular formula is C28H28N4OS2. The van der Waals surface area contributed by atoms with Crippen LogP contribution in [-0.2, 0) is 4.79 Å². The molecule has 0 saturated carbocycles. The second-order valence-corrected chi connectivity index (χ2v) is 11.2. The Bertz CT molecular complexity index is 1350. The van der Waals surface area contributed by atoms with E-state index in [4.69, 9.17) is 0 Å². The van der Waals surface area contributed by atoms with Crippen molar-refractivity contribution >= 4 is 35.1 Å². The Labute approximate surface area is 215 Å². The monoisotopic (exact) mass is 500 g/mol. The molecule has 0 unspecified atom stereocenters. The number of aryl methyl sites for hydroxylation is 2. The molecule has 0 spiro atoms. The lowest BCUT2D eigenvalue weighted by Gasteiger charge is -2.22. The second kappa shape index (κ2) is 10.3. The zero-order chi connectivity index (χ0) is 24.4. The predicted octanol–water partition coefficient (Wildman–Crippen LogP) is 6.56. The zero-order valence-electron chi connectivity index (χ0n) is 20.1. The molecule has 3 aromatic carbocycles. The number of fused-ring (bicyclic) bond motifs is 1. The van der Waals surface area contributed by atoms with Gasteiger partial charge in [0, 0.05) is 22.3 Å². The average Bonchev–Trinajstić information content (AvgIpc) is 3.21. The van der Waals surface area contributed by atoms with Crippen molar-refractivity contribution in [2.45, 2.75) is 42.5 Å². The molecule has 178 valence electrons. The van der Waals surface area contributed by atoms with Gasteiger partial charge >= 0.3 is 0 Å². The van der Waals surface area contributed by atoms with E-state index in [1.807, 2.05) is 65.2 Å². The number of para-hydroxylation sites is 1. The summed E-state index contributed by atoms with van der Waals surface area (Å²) in [4.78, 5) is 16.6. The molecule has 5 nitrogen and oxygen atoms in total. The number of amides is 1. The van der Waals surface area contributed by atoms with Gasteiger partial charge in [0.05, 0.1) is 17.1 Å². The van der Waals surface area contributed by atoms with E-state index in [0.717, 1.165) is 35.7 Å². The van der Waals surface area contributed by atoms with E-state index in [9.17, 15) is 4.79 Å². The number of rotatable bonds is 5. The molecule has 0 bridgehead atoms. The lowest BCUT2D eigenvalue weighted by Crippen LogP contribution is -2.33. The topological polar surface area (TPSA) is 51.0 Å². The highest BCUT2D eigenvalue weighted by Gasteiger charge is 2.25. The van der Waals surface area contributed by atoms with Crippen LogP contribution in [0.5, 0.6) is 0 Å². The van der Waals surface area contributed by atoms with E-state index in [1.165, 1.54) is 27.8 Å². The van der Waals surface area contributed by atoms with Crippen LogP contribution in [0.3, 0.4) is 0 Å². The van der Waals surface area contributed by atoms with Gasteiger partial charge in [-0.05, 0) is 55.7 Å². The van der Waals surface area contributed by atoms with Gasteiger partial charge in [-0.1, -0.05) is 67.2 Å². The molecule has 1 aromatic heterocycles. The summed E-state index contributed by atoms with van der Waals surface area (Å²) in [6, 6.07) is 24.6. The fourth-order valence-corrected chi connectivity index (χ4v) is 6.13. The normalized spacial score (nSPS) is 15.5. The van der Waals surface area contributed by atoms with E-state index >= 15 is 0 Å². The molecule has 0 N–H and O–H groups in total. The molecule has 2 heterocycles. The lowest BCUT2D eigenvalue weighted by molar-refractivity contribution is -0.116. The zero-order valence-corrected chi connectivity index (χ0v) is 21.8. The number of anilines is 1. The van der Waals surface area contributed by atoms with Crippen LogP contribution < -0.4 is 4.90 Å². The van der Waals surface area contributed by atoms with Gasteiger partial charge in [0.15, 0.2) is 11.0 Å². The quantitative estimate of drug-likeness (QED) is 0.291. The van der Waals surface area contributed by atoms with Gasteiger partial charge in [0.1, 0.15) is 0 Å². The highest BCUT2D eigenvalue weighted by atomic mass is 32.2. The van der Waals surface area contributed by atoms with E-state index in [0.29, 0.717) is 16.2 Å². The molecule has 1 atom stereocenters. The number of aromatic nitrogens is 3. The number of benzene rings is 3. The summed E-state index contributed by atoms with van der Waals surface area (Å²) in [6.07, 6.45) is 0.965. The molecule has 1 amide bonds. The first kappa shape index (κ1) is 23.7. The number of carbonyl (C=O) groups is 1. The van der Waals surface area contributed by atoms with E-state index in [-0.39, 0.29) is 5.91 Å². The SMILES string of the molecule is Cc1ccc(-n2c(SCC(=O)N3CC[C@H](C)Sc4ccccc43)nnc2-c2ccccc2)cc1C. The molecule has 1 aliphatic rings. The summed E-state index contributed by atoms with van der Waals surface area (Å²) in [7, 11) is 0. The Morgan fingerprint density at radius 1 is 1.00 bits per heavy atom. The number of hydrogen-bond acceptors (Lipinski definition) is 5. The van der Waals surface area contributed by atoms with Crippen molar-refractivity contribution in [3.63, 3.8) is 0 Å². The van der Waals surface area contributed by atoms with Crippen molar-refractivity contribution in [2.24, 2.45) is 0 Å². The fraction of sp³-hybridized carbons (Fsp3) is 0.250. The van der Waals surface area contributed by atoms with Crippen LogP contribution >= 0.6 is 23.5 Å². The Morgan fingerprint density at radius 3 is 2.57 bits per heavy atom. The van der Waals surface area contributed by atoms with Gasteiger partial charge in [-0.15, -0.1) is 22.0 Å². The summed E-state index contributed by atoms with van der Waals surface area (Å²) in [5.74, 6) is 1.16. The van der Waals surface area contributed by atoms with Crippen LogP contribution in [0.1, 0.15) is 24.5 Å². The number of hydrogen-bond donors (Lipinski definition) is 0. The minimum atomic E-state index is 0.0908. The highest BCUT2D eigenvalue weighted by molar-refractivity contribution is 8.00.